The summed E-state index contributed by atoms with van der Waals surface area (Å²) < 4.78 is 26.6. The van der Waals surface area contributed by atoms with Gasteiger partial charge in [0.25, 0.3) is 0 Å². The van der Waals surface area contributed by atoms with Crippen LogP contribution in [0.1, 0.15) is 20.3 Å². The summed E-state index contributed by atoms with van der Waals surface area (Å²) in [6.07, 6.45) is 2.93. The third-order valence-corrected chi connectivity index (χ3v) is 5.45. The van der Waals surface area contributed by atoms with Gasteiger partial charge in [0, 0.05) is 18.1 Å². The third kappa shape index (κ3) is 3.19. The van der Waals surface area contributed by atoms with Crippen LogP contribution in [0.25, 0.3) is 0 Å². The molecule has 1 heterocycles. The van der Waals surface area contributed by atoms with Crippen LogP contribution in [0.2, 0.25) is 5.02 Å². The van der Waals surface area contributed by atoms with Crippen LogP contribution in [0.15, 0.2) is 40.8 Å². The maximum absolute atomic E-state index is 12.5. The minimum atomic E-state index is -3.41. The molecule has 0 fully saturated rings. The lowest BCUT2D eigenvalue weighted by Gasteiger charge is -2.28. The summed E-state index contributed by atoms with van der Waals surface area (Å²) in [5.74, 6) is 0.378. The lowest BCUT2D eigenvalue weighted by Crippen LogP contribution is -2.36. The Morgan fingerprint density at radius 2 is 1.84 bits per heavy atom. The Kier molecular flexibility index (Phi) is 4.33. The molecule has 0 atom stereocenters. The molecule has 0 saturated carbocycles. The topological polar surface area (TPSA) is 37.4 Å². The first kappa shape index (κ1) is 14.6. The van der Waals surface area contributed by atoms with Gasteiger partial charge in [0.15, 0.2) is 0 Å². The Balaban J connectivity index is 2.26. The largest absolute Gasteiger partial charge is 0.243 e. The average molecular weight is 300 g/mol. The highest BCUT2D eigenvalue weighted by atomic mass is 35.5. The van der Waals surface area contributed by atoms with Gasteiger partial charge in [-0.2, -0.15) is 4.31 Å². The number of halogens is 1. The van der Waals surface area contributed by atoms with E-state index in [1.165, 1.54) is 5.57 Å². The minimum absolute atomic E-state index is 0.307. The normalized spacial score (nSPS) is 17.6. The first-order chi connectivity index (χ1) is 8.91. The molecule has 1 aliphatic heterocycles. The molecule has 0 saturated heterocycles. The van der Waals surface area contributed by atoms with Crippen LogP contribution >= 0.6 is 11.6 Å². The fourth-order valence-corrected chi connectivity index (χ4v) is 3.69. The summed E-state index contributed by atoms with van der Waals surface area (Å²) in [4.78, 5) is 0.307. The lowest BCUT2D eigenvalue weighted by molar-refractivity contribution is 0.413. The van der Waals surface area contributed by atoms with E-state index in [0.717, 1.165) is 6.42 Å². The van der Waals surface area contributed by atoms with E-state index in [-0.39, 0.29) is 0 Å². The van der Waals surface area contributed by atoms with Gasteiger partial charge in [-0.15, -0.1) is 0 Å². The molecular weight excluding hydrogens is 282 g/mol. The van der Waals surface area contributed by atoms with Gasteiger partial charge in [-0.1, -0.05) is 37.1 Å². The molecule has 1 aromatic carbocycles. The van der Waals surface area contributed by atoms with Crippen molar-refractivity contribution in [2.45, 2.75) is 25.2 Å². The Morgan fingerprint density at radius 3 is 2.42 bits per heavy atom. The van der Waals surface area contributed by atoms with Crippen molar-refractivity contribution < 1.29 is 8.42 Å². The molecule has 3 nitrogen and oxygen atoms in total. The Bertz CT molecular complexity index is 576. The zero-order valence-corrected chi connectivity index (χ0v) is 12.7. The van der Waals surface area contributed by atoms with Gasteiger partial charge in [-0.3, -0.25) is 0 Å². The summed E-state index contributed by atoms with van der Waals surface area (Å²) in [6.45, 7) is 5.21. The molecule has 0 aliphatic carbocycles. The van der Waals surface area contributed by atoms with Crippen LogP contribution in [0, 0.1) is 5.92 Å². The minimum Gasteiger partial charge on any atom is -0.207 e. The standard InChI is InChI=1S/C14H18ClNO2S/c1-11(2)12-4-3-9-16(10-12)19(17,18)14-7-5-13(15)6-8-14/h4-8,11H,3,9-10H2,1-2H3. The van der Waals surface area contributed by atoms with Gasteiger partial charge in [-0.05, 0) is 36.6 Å². The van der Waals surface area contributed by atoms with Gasteiger partial charge in [0.2, 0.25) is 10.0 Å². The molecule has 1 aliphatic rings. The summed E-state index contributed by atoms with van der Waals surface area (Å²) in [5, 5.41) is 0.542. The number of sulfonamides is 1. The molecule has 0 bridgehead atoms. The van der Waals surface area contributed by atoms with Crippen molar-refractivity contribution in [2.24, 2.45) is 5.92 Å². The van der Waals surface area contributed by atoms with E-state index in [4.69, 9.17) is 11.6 Å². The quantitative estimate of drug-likeness (QED) is 0.803. The summed E-state index contributed by atoms with van der Waals surface area (Å²) in [5.41, 5.74) is 1.18. The second-order valence-electron chi connectivity index (χ2n) is 5.01. The molecule has 0 unspecified atom stereocenters. The molecule has 0 spiro atoms. The first-order valence-corrected chi connectivity index (χ1v) is 8.17. The highest BCUT2D eigenvalue weighted by molar-refractivity contribution is 7.89. The van der Waals surface area contributed by atoms with Crippen molar-refractivity contribution in [3.63, 3.8) is 0 Å². The Hall–Kier alpha value is -0.840. The van der Waals surface area contributed by atoms with E-state index < -0.39 is 10.0 Å². The number of hydrogen-bond donors (Lipinski definition) is 0. The zero-order valence-electron chi connectivity index (χ0n) is 11.1. The number of nitrogens with zero attached hydrogens (tertiary/aromatic N) is 1. The lowest BCUT2D eigenvalue weighted by atomic mass is 10.00. The van der Waals surface area contributed by atoms with E-state index in [2.05, 4.69) is 19.9 Å². The molecule has 5 heteroatoms. The van der Waals surface area contributed by atoms with Crippen LogP contribution in [0.4, 0.5) is 0 Å². The zero-order chi connectivity index (χ0) is 14.0. The molecule has 1 aromatic rings. The number of hydrogen-bond acceptors (Lipinski definition) is 2. The van der Waals surface area contributed by atoms with Gasteiger partial charge in [-0.25, -0.2) is 8.42 Å². The van der Waals surface area contributed by atoms with Crippen molar-refractivity contribution in [2.75, 3.05) is 13.1 Å². The monoisotopic (exact) mass is 299 g/mol. The van der Waals surface area contributed by atoms with E-state index in [1.807, 2.05) is 0 Å². The number of rotatable bonds is 3. The van der Waals surface area contributed by atoms with E-state index in [9.17, 15) is 8.42 Å². The Morgan fingerprint density at radius 1 is 1.21 bits per heavy atom. The van der Waals surface area contributed by atoms with Gasteiger partial charge >= 0.3 is 0 Å². The smallest absolute Gasteiger partial charge is 0.207 e. The fraction of sp³-hybridized carbons (Fsp3) is 0.429. The van der Waals surface area contributed by atoms with E-state index >= 15 is 0 Å². The second-order valence-corrected chi connectivity index (χ2v) is 7.39. The second kappa shape index (κ2) is 5.65. The molecule has 0 N–H and O–H groups in total. The Labute approximate surface area is 119 Å². The van der Waals surface area contributed by atoms with Gasteiger partial charge in [0.1, 0.15) is 0 Å². The van der Waals surface area contributed by atoms with Crippen LogP contribution in [-0.2, 0) is 10.0 Å². The summed E-state index contributed by atoms with van der Waals surface area (Å²) in [6, 6.07) is 6.34. The van der Waals surface area contributed by atoms with Gasteiger partial charge in [0.05, 0.1) is 4.90 Å². The first-order valence-electron chi connectivity index (χ1n) is 6.36. The van der Waals surface area contributed by atoms with E-state index in [1.54, 1.807) is 28.6 Å². The van der Waals surface area contributed by atoms with Crippen LogP contribution in [-0.4, -0.2) is 25.8 Å². The fourth-order valence-electron chi connectivity index (χ4n) is 2.12. The molecule has 2 rings (SSSR count). The SMILES string of the molecule is CC(C)C1=CCCN(S(=O)(=O)c2ccc(Cl)cc2)C1. The van der Waals surface area contributed by atoms with Crippen molar-refractivity contribution >= 4 is 21.6 Å². The molecule has 104 valence electrons. The average Bonchev–Trinajstić information content (AvgIpc) is 2.39. The molecule has 0 amide bonds. The van der Waals surface area contributed by atoms with E-state index in [0.29, 0.717) is 28.9 Å². The maximum Gasteiger partial charge on any atom is 0.243 e. The summed E-state index contributed by atoms with van der Waals surface area (Å²) >= 11 is 5.79. The molecule has 19 heavy (non-hydrogen) atoms. The van der Waals surface area contributed by atoms with Crippen LogP contribution in [0.5, 0.6) is 0 Å². The maximum atomic E-state index is 12.5. The van der Waals surface area contributed by atoms with Crippen molar-refractivity contribution in [3.05, 3.63) is 40.9 Å². The highest BCUT2D eigenvalue weighted by Gasteiger charge is 2.27. The predicted molar refractivity (Wildman–Crippen MR) is 77.7 cm³/mol. The predicted octanol–water partition coefficient (Wildman–Crippen LogP) is 3.32. The number of benzene rings is 1. The molecule has 0 aromatic heterocycles. The van der Waals surface area contributed by atoms with Crippen molar-refractivity contribution in [1.82, 2.24) is 4.31 Å². The van der Waals surface area contributed by atoms with Crippen LogP contribution in [0.3, 0.4) is 0 Å². The van der Waals surface area contributed by atoms with Gasteiger partial charge < -0.3 is 0 Å². The third-order valence-electron chi connectivity index (χ3n) is 3.34. The summed E-state index contributed by atoms with van der Waals surface area (Å²) in [7, 11) is -3.41. The molecule has 0 radical (unpaired) electrons. The van der Waals surface area contributed by atoms with Crippen LogP contribution < -0.4 is 0 Å². The van der Waals surface area contributed by atoms with Crippen molar-refractivity contribution in [3.8, 4) is 0 Å². The highest BCUT2D eigenvalue weighted by Crippen LogP contribution is 2.24. The molecular formula is C14H18ClNO2S. The van der Waals surface area contributed by atoms with Crippen molar-refractivity contribution in [1.29, 1.82) is 0 Å².